The van der Waals surface area contributed by atoms with Crippen LogP contribution in [0.5, 0.6) is 0 Å². The van der Waals surface area contributed by atoms with Gasteiger partial charge >= 0.3 is 0 Å². The first-order chi connectivity index (χ1) is 22.7. The number of rotatable bonds is 38. The fraction of sp³-hybridized carbons (Fsp3) is 0.929. The number of aliphatic hydroxyl groups excluding tert-OH is 2. The Kier molecular flexibility index (Phi) is 37.8. The number of nitrogens with one attached hydrogen (secondary N) is 1. The van der Waals surface area contributed by atoms with Crippen molar-refractivity contribution in [3.8, 4) is 0 Å². The molecular formula is C42H83NO3. The molecule has 274 valence electrons. The summed E-state index contributed by atoms with van der Waals surface area (Å²) in [5.41, 5.74) is 0. The Morgan fingerprint density at radius 3 is 1.13 bits per heavy atom. The third-order valence-electron chi connectivity index (χ3n) is 9.77. The molecule has 4 heteroatoms. The van der Waals surface area contributed by atoms with E-state index < -0.39 is 12.1 Å². The zero-order valence-corrected chi connectivity index (χ0v) is 31.4. The minimum Gasteiger partial charge on any atom is -0.394 e. The van der Waals surface area contributed by atoms with Crippen LogP contribution in [0.3, 0.4) is 0 Å². The Labute approximate surface area is 288 Å². The lowest BCUT2D eigenvalue weighted by atomic mass is 10.0. The highest BCUT2D eigenvalue weighted by molar-refractivity contribution is 5.76. The average molecular weight is 650 g/mol. The Morgan fingerprint density at radius 2 is 0.804 bits per heavy atom. The van der Waals surface area contributed by atoms with Crippen molar-refractivity contribution in [3.63, 3.8) is 0 Å². The highest BCUT2D eigenvalue weighted by Crippen LogP contribution is 2.16. The molecule has 2 atom stereocenters. The van der Waals surface area contributed by atoms with Crippen LogP contribution in [0.1, 0.15) is 232 Å². The molecule has 0 aromatic rings. The molecule has 1 amide bonds. The summed E-state index contributed by atoms with van der Waals surface area (Å²) in [6.45, 7) is 4.32. The second kappa shape index (κ2) is 38.6. The first-order valence-corrected chi connectivity index (χ1v) is 20.9. The summed E-state index contributed by atoms with van der Waals surface area (Å²) in [5.74, 6) is -0.0602. The van der Waals surface area contributed by atoms with Crippen LogP contribution in [-0.2, 0) is 4.79 Å². The average Bonchev–Trinajstić information content (AvgIpc) is 3.06. The summed E-state index contributed by atoms with van der Waals surface area (Å²) >= 11 is 0. The second-order valence-electron chi connectivity index (χ2n) is 14.4. The number of allylic oxidation sites excluding steroid dienone is 1. The highest BCUT2D eigenvalue weighted by Gasteiger charge is 2.17. The molecule has 0 heterocycles. The van der Waals surface area contributed by atoms with Crippen molar-refractivity contribution >= 4 is 5.91 Å². The van der Waals surface area contributed by atoms with Gasteiger partial charge in [0.15, 0.2) is 0 Å². The lowest BCUT2D eigenvalue weighted by Gasteiger charge is -2.20. The summed E-state index contributed by atoms with van der Waals surface area (Å²) in [4.78, 5) is 12.4. The van der Waals surface area contributed by atoms with Gasteiger partial charge in [-0.1, -0.05) is 219 Å². The van der Waals surface area contributed by atoms with Crippen LogP contribution in [0.2, 0.25) is 0 Å². The Morgan fingerprint density at radius 1 is 0.500 bits per heavy atom. The third kappa shape index (κ3) is 34.5. The van der Waals surface area contributed by atoms with Crippen molar-refractivity contribution in [1.29, 1.82) is 0 Å². The van der Waals surface area contributed by atoms with Gasteiger partial charge in [0.1, 0.15) is 0 Å². The van der Waals surface area contributed by atoms with Crippen LogP contribution in [0.15, 0.2) is 12.2 Å². The molecule has 0 radical (unpaired) electrons. The molecule has 0 rings (SSSR count). The molecule has 0 bridgehead atoms. The monoisotopic (exact) mass is 650 g/mol. The molecule has 0 saturated heterocycles. The molecule has 2 unspecified atom stereocenters. The number of aliphatic hydroxyl groups is 2. The fourth-order valence-electron chi connectivity index (χ4n) is 6.53. The van der Waals surface area contributed by atoms with Crippen molar-refractivity contribution in [2.24, 2.45) is 0 Å². The standard InChI is InChI=1S/C42H83NO3/c1-3-5-7-9-11-13-15-17-19-20-21-22-24-26-28-30-32-34-36-38-42(46)43-40(39-44)41(45)37-35-33-31-29-27-25-23-18-16-14-12-10-8-6-4-2/h35,37,40-41,44-45H,3-34,36,38-39H2,1-2H3,(H,43,46)/b37-35+. The molecule has 46 heavy (non-hydrogen) atoms. The molecule has 0 spiro atoms. The van der Waals surface area contributed by atoms with Crippen LogP contribution < -0.4 is 5.32 Å². The minimum atomic E-state index is -0.832. The van der Waals surface area contributed by atoms with Gasteiger partial charge in [-0.15, -0.1) is 0 Å². The van der Waals surface area contributed by atoms with Crippen LogP contribution in [0.25, 0.3) is 0 Å². The smallest absolute Gasteiger partial charge is 0.220 e. The van der Waals surface area contributed by atoms with Gasteiger partial charge in [-0.05, 0) is 19.3 Å². The lowest BCUT2D eigenvalue weighted by molar-refractivity contribution is -0.123. The van der Waals surface area contributed by atoms with Gasteiger partial charge in [0.25, 0.3) is 0 Å². The highest BCUT2D eigenvalue weighted by atomic mass is 16.3. The molecule has 0 saturated carbocycles. The summed E-state index contributed by atoms with van der Waals surface area (Å²) in [7, 11) is 0. The maximum absolute atomic E-state index is 12.4. The van der Waals surface area contributed by atoms with Crippen molar-refractivity contribution in [3.05, 3.63) is 12.2 Å². The topological polar surface area (TPSA) is 69.6 Å². The van der Waals surface area contributed by atoms with E-state index in [9.17, 15) is 15.0 Å². The molecule has 4 nitrogen and oxygen atoms in total. The summed E-state index contributed by atoms with van der Waals surface area (Å²) in [6.07, 6.45) is 47.4. The molecule has 0 aliphatic heterocycles. The first-order valence-electron chi connectivity index (χ1n) is 20.9. The van der Waals surface area contributed by atoms with Crippen molar-refractivity contribution in [1.82, 2.24) is 5.32 Å². The molecule has 0 fully saturated rings. The van der Waals surface area contributed by atoms with E-state index >= 15 is 0 Å². The number of carbonyl (C=O) groups excluding carboxylic acids is 1. The van der Waals surface area contributed by atoms with Gasteiger partial charge in [-0.25, -0.2) is 0 Å². The Bertz CT molecular complexity index is 622. The van der Waals surface area contributed by atoms with E-state index in [1.54, 1.807) is 6.08 Å². The van der Waals surface area contributed by atoms with Crippen LogP contribution in [0.4, 0.5) is 0 Å². The van der Waals surface area contributed by atoms with E-state index in [0.717, 1.165) is 25.7 Å². The third-order valence-corrected chi connectivity index (χ3v) is 9.77. The first kappa shape index (κ1) is 45.1. The Hall–Kier alpha value is -0.870. The predicted octanol–water partition coefficient (Wildman–Crippen LogP) is 12.7. The van der Waals surface area contributed by atoms with E-state index in [-0.39, 0.29) is 12.5 Å². The van der Waals surface area contributed by atoms with Gasteiger partial charge in [-0.2, -0.15) is 0 Å². The van der Waals surface area contributed by atoms with Crippen LogP contribution >= 0.6 is 0 Å². The van der Waals surface area contributed by atoms with Crippen molar-refractivity contribution < 1.29 is 15.0 Å². The number of unbranched alkanes of at least 4 members (excludes halogenated alkanes) is 31. The maximum atomic E-state index is 12.4. The quantitative estimate of drug-likeness (QED) is 0.0460. The lowest BCUT2D eigenvalue weighted by Crippen LogP contribution is -2.45. The van der Waals surface area contributed by atoms with Crippen molar-refractivity contribution in [2.75, 3.05) is 6.61 Å². The van der Waals surface area contributed by atoms with E-state index in [2.05, 4.69) is 19.2 Å². The Balaban J connectivity index is 3.53. The van der Waals surface area contributed by atoms with Crippen molar-refractivity contribution in [2.45, 2.75) is 244 Å². The normalized spacial score (nSPS) is 13.0. The zero-order valence-electron chi connectivity index (χ0n) is 31.4. The maximum Gasteiger partial charge on any atom is 0.220 e. The molecule has 0 aromatic carbocycles. The van der Waals surface area contributed by atoms with Gasteiger partial charge in [0.2, 0.25) is 5.91 Å². The molecule has 0 aliphatic rings. The van der Waals surface area contributed by atoms with Gasteiger partial charge in [0, 0.05) is 6.42 Å². The number of hydrogen-bond acceptors (Lipinski definition) is 3. The number of amides is 1. The number of hydrogen-bond donors (Lipinski definition) is 3. The van der Waals surface area contributed by atoms with Gasteiger partial charge in [-0.3, -0.25) is 4.79 Å². The molecule has 0 aliphatic carbocycles. The summed E-state index contributed by atoms with van der Waals surface area (Å²) in [5, 5.41) is 23.0. The van der Waals surface area contributed by atoms with Crippen LogP contribution in [0, 0.1) is 0 Å². The molecule has 0 aromatic heterocycles. The van der Waals surface area contributed by atoms with Crippen LogP contribution in [-0.4, -0.2) is 34.9 Å². The van der Waals surface area contributed by atoms with E-state index in [1.165, 1.54) is 186 Å². The van der Waals surface area contributed by atoms with E-state index in [0.29, 0.717) is 6.42 Å². The molecular weight excluding hydrogens is 566 g/mol. The SMILES string of the molecule is CCCCCCCCCCCCCCC/C=C/C(O)C(CO)NC(=O)CCCCCCCCCCCCCCCCCCCCC. The minimum absolute atomic E-state index is 0.0602. The summed E-state index contributed by atoms with van der Waals surface area (Å²) < 4.78 is 0. The predicted molar refractivity (Wildman–Crippen MR) is 202 cm³/mol. The number of carbonyl (C=O) groups is 1. The van der Waals surface area contributed by atoms with Gasteiger partial charge < -0.3 is 15.5 Å². The fourth-order valence-corrected chi connectivity index (χ4v) is 6.53. The second-order valence-corrected chi connectivity index (χ2v) is 14.4. The largest absolute Gasteiger partial charge is 0.394 e. The summed E-state index contributed by atoms with van der Waals surface area (Å²) in [6, 6.07) is -0.615. The molecule has 3 N–H and O–H groups in total. The van der Waals surface area contributed by atoms with E-state index in [4.69, 9.17) is 0 Å². The zero-order chi connectivity index (χ0) is 33.6. The van der Waals surface area contributed by atoms with E-state index in [1.807, 2.05) is 6.08 Å². The van der Waals surface area contributed by atoms with Gasteiger partial charge in [0.05, 0.1) is 18.8 Å².